The van der Waals surface area contributed by atoms with Crippen molar-refractivity contribution in [1.29, 1.82) is 0 Å². The van der Waals surface area contributed by atoms with Gasteiger partial charge in [-0.2, -0.15) is 4.68 Å². The molecule has 1 aromatic heterocycles. The van der Waals surface area contributed by atoms with Crippen LogP contribution in [0.5, 0.6) is 5.75 Å². The Morgan fingerprint density at radius 2 is 1.83 bits per heavy atom. The monoisotopic (exact) mass is 327 g/mol. The Hall–Kier alpha value is -2.80. The molecule has 3 aromatic rings. The van der Waals surface area contributed by atoms with Crippen molar-refractivity contribution in [2.24, 2.45) is 0 Å². The van der Waals surface area contributed by atoms with Gasteiger partial charge in [-0.05, 0) is 41.7 Å². The van der Waals surface area contributed by atoms with Gasteiger partial charge in [0.15, 0.2) is 17.4 Å². The normalized spacial score (nSPS) is 11.0. The van der Waals surface area contributed by atoms with Gasteiger partial charge in [0, 0.05) is 6.54 Å². The Morgan fingerprint density at radius 1 is 1.08 bits per heavy atom. The highest BCUT2D eigenvalue weighted by atomic mass is 19.1. The highest BCUT2D eigenvalue weighted by Gasteiger charge is 2.11. The van der Waals surface area contributed by atoms with E-state index < -0.39 is 0 Å². The summed E-state index contributed by atoms with van der Waals surface area (Å²) in [5, 5.41) is 11.8. The van der Waals surface area contributed by atoms with Crippen molar-refractivity contribution >= 4 is 0 Å². The van der Waals surface area contributed by atoms with E-state index in [1.165, 1.54) is 6.07 Å². The number of likely N-dealkylation sites (N-methyl/N-ethyl adjacent to an activating group) is 1. The molecule has 0 aliphatic rings. The van der Waals surface area contributed by atoms with Crippen LogP contribution in [0, 0.1) is 5.82 Å². The largest absolute Gasteiger partial charge is 0.489 e. The van der Waals surface area contributed by atoms with Crippen LogP contribution in [0.3, 0.4) is 0 Å². The van der Waals surface area contributed by atoms with E-state index in [0.717, 1.165) is 11.5 Å². The zero-order valence-electron chi connectivity index (χ0n) is 13.3. The minimum Gasteiger partial charge on any atom is -0.489 e. The average molecular weight is 327 g/mol. The smallest absolute Gasteiger partial charge is 0.170 e. The number of ether oxygens (including phenoxy) is 1. The number of hydrogen-bond acceptors (Lipinski definition) is 5. The number of aromatic nitrogens is 4. The van der Waals surface area contributed by atoms with Crippen molar-refractivity contribution in [1.82, 2.24) is 25.1 Å². The minimum absolute atomic E-state index is 0.264. The molecular formula is C17H18FN5O. The third-order valence-corrected chi connectivity index (χ3v) is 3.51. The van der Waals surface area contributed by atoms with Crippen molar-refractivity contribution in [3.63, 3.8) is 0 Å². The van der Waals surface area contributed by atoms with Gasteiger partial charge in [-0.15, -0.1) is 5.10 Å². The van der Waals surface area contributed by atoms with Crippen molar-refractivity contribution in [2.45, 2.75) is 6.54 Å². The maximum absolute atomic E-state index is 13.5. The number of rotatable bonds is 7. The van der Waals surface area contributed by atoms with Crippen molar-refractivity contribution in [3.8, 4) is 11.4 Å². The molecule has 0 unspecified atom stereocenters. The number of para-hydroxylation sites is 2. The summed E-state index contributed by atoms with van der Waals surface area (Å²) >= 11 is 0. The summed E-state index contributed by atoms with van der Waals surface area (Å²) in [4.78, 5) is 2.02. The lowest BCUT2D eigenvalue weighted by molar-refractivity contribution is 0.223. The lowest BCUT2D eigenvalue weighted by Gasteiger charge is -2.16. The second kappa shape index (κ2) is 7.65. The standard InChI is InChI=1S/C17H18FN5O/c1-22(11-12-24-16-10-6-5-9-15(16)18)13-17-19-20-21-23(17)14-7-3-2-4-8-14/h2-10H,11-13H2,1H3. The Morgan fingerprint density at radius 3 is 2.62 bits per heavy atom. The average Bonchev–Trinajstić information content (AvgIpc) is 3.05. The molecule has 0 radical (unpaired) electrons. The first kappa shape index (κ1) is 16.1. The van der Waals surface area contributed by atoms with Gasteiger partial charge in [0.2, 0.25) is 0 Å². The molecule has 0 spiro atoms. The second-order valence-corrected chi connectivity index (χ2v) is 5.36. The second-order valence-electron chi connectivity index (χ2n) is 5.36. The molecular weight excluding hydrogens is 309 g/mol. The van der Waals surface area contributed by atoms with Gasteiger partial charge in [-0.3, -0.25) is 4.90 Å². The van der Waals surface area contributed by atoms with Crippen molar-refractivity contribution in [3.05, 3.63) is 66.2 Å². The zero-order chi connectivity index (χ0) is 16.8. The summed E-state index contributed by atoms with van der Waals surface area (Å²) in [5.41, 5.74) is 0.911. The SMILES string of the molecule is CN(CCOc1ccccc1F)Cc1nnnn1-c1ccccc1. The summed E-state index contributed by atoms with van der Waals surface area (Å²) in [7, 11) is 1.94. The van der Waals surface area contributed by atoms with E-state index in [4.69, 9.17) is 4.74 Å². The first-order valence-corrected chi connectivity index (χ1v) is 7.62. The van der Waals surface area contributed by atoms with Crippen LogP contribution in [0.25, 0.3) is 5.69 Å². The van der Waals surface area contributed by atoms with Crippen LogP contribution in [0.2, 0.25) is 0 Å². The molecule has 1 heterocycles. The van der Waals surface area contributed by atoms with Crippen LogP contribution >= 0.6 is 0 Å². The molecule has 0 bridgehead atoms. The van der Waals surface area contributed by atoms with Gasteiger partial charge in [-0.25, -0.2) is 4.39 Å². The summed E-state index contributed by atoms with van der Waals surface area (Å²) in [6.07, 6.45) is 0. The summed E-state index contributed by atoms with van der Waals surface area (Å²) in [5.74, 6) is 0.641. The van der Waals surface area contributed by atoms with Gasteiger partial charge < -0.3 is 4.74 Å². The van der Waals surface area contributed by atoms with Crippen LogP contribution in [0.1, 0.15) is 5.82 Å². The van der Waals surface area contributed by atoms with Crippen LogP contribution in [-0.4, -0.2) is 45.3 Å². The number of hydrogen-bond donors (Lipinski definition) is 0. The Kier molecular flexibility index (Phi) is 5.12. The summed E-state index contributed by atoms with van der Waals surface area (Å²) < 4.78 is 20.7. The molecule has 0 saturated carbocycles. The van der Waals surface area contributed by atoms with Gasteiger partial charge >= 0.3 is 0 Å². The first-order chi connectivity index (χ1) is 11.7. The predicted octanol–water partition coefficient (Wildman–Crippen LogP) is 2.31. The molecule has 0 amide bonds. The summed E-state index contributed by atoms with van der Waals surface area (Å²) in [6, 6.07) is 16.1. The molecule has 0 aliphatic heterocycles. The van der Waals surface area contributed by atoms with E-state index in [-0.39, 0.29) is 11.6 Å². The quantitative estimate of drug-likeness (QED) is 0.666. The molecule has 0 atom stereocenters. The Balaban J connectivity index is 1.55. The van der Waals surface area contributed by atoms with Crippen LogP contribution in [0.4, 0.5) is 4.39 Å². The lowest BCUT2D eigenvalue weighted by Crippen LogP contribution is -2.25. The van der Waals surface area contributed by atoms with Gasteiger partial charge in [0.05, 0.1) is 12.2 Å². The third kappa shape index (κ3) is 3.94. The maximum Gasteiger partial charge on any atom is 0.170 e. The van der Waals surface area contributed by atoms with Gasteiger partial charge in [-0.1, -0.05) is 30.3 Å². The van der Waals surface area contributed by atoms with E-state index in [1.54, 1.807) is 22.9 Å². The summed E-state index contributed by atoms with van der Waals surface area (Å²) in [6.45, 7) is 1.56. The van der Waals surface area contributed by atoms with E-state index >= 15 is 0 Å². The predicted molar refractivity (Wildman–Crippen MR) is 87.4 cm³/mol. The van der Waals surface area contributed by atoms with E-state index in [2.05, 4.69) is 15.5 Å². The molecule has 0 aliphatic carbocycles. The van der Waals surface area contributed by atoms with E-state index in [1.807, 2.05) is 42.3 Å². The molecule has 0 saturated heterocycles. The van der Waals surface area contributed by atoms with Gasteiger partial charge in [0.25, 0.3) is 0 Å². The molecule has 2 aromatic carbocycles. The number of halogens is 1. The van der Waals surface area contributed by atoms with E-state index in [0.29, 0.717) is 19.7 Å². The molecule has 0 N–H and O–H groups in total. The van der Waals surface area contributed by atoms with Crippen LogP contribution in [-0.2, 0) is 6.54 Å². The van der Waals surface area contributed by atoms with E-state index in [9.17, 15) is 4.39 Å². The number of tetrazole rings is 1. The fourth-order valence-electron chi connectivity index (χ4n) is 2.27. The molecule has 6 nitrogen and oxygen atoms in total. The molecule has 0 fully saturated rings. The number of benzene rings is 2. The Bertz CT molecular complexity index is 777. The first-order valence-electron chi connectivity index (χ1n) is 7.62. The third-order valence-electron chi connectivity index (χ3n) is 3.51. The van der Waals surface area contributed by atoms with Crippen LogP contribution < -0.4 is 4.74 Å². The molecule has 124 valence electrons. The number of nitrogens with zero attached hydrogens (tertiary/aromatic N) is 5. The van der Waals surface area contributed by atoms with Crippen molar-refractivity contribution < 1.29 is 9.13 Å². The highest BCUT2D eigenvalue weighted by Crippen LogP contribution is 2.15. The van der Waals surface area contributed by atoms with Gasteiger partial charge in [0.1, 0.15) is 6.61 Å². The topological polar surface area (TPSA) is 56.1 Å². The fraction of sp³-hybridized carbons (Fsp3) is 0.235. The molecule has 3 rings (SSSR count). The minimum atomic E-state index is -0.354. The molecule has 7 heteroatoms. The van der Waals surface area contributed by atoms with Crippen LogP contribution in [0.15, 0.2) is 54.6 Å². The maximum atomic E-state index is 13.5. The van der Waals surface area contributed by atoms with Crippen molar-refractivity contribution in [2.75, 3.05) is 20.2 Å². The fourth-order valence-corrected chi connectivity index (χ4v) is 2.27. The Labute approximate surface area is 139 Å². The zero-order valence-corrected chi connectivity index (χ0v) is 13.3. The molecule has 24 heavy (non-hydrogen) atoms. The highest BCUT2D eigenvalue weighted by molar-refractivity contribution is 5.30. The lowest BCUT2D eigenvalue weighted by atomic mass is 10.3.